The van der Waals surface area contributed by atoms with E-state index in [0.29, 0.717) is 16.5 Å². The smallest absolute Gasteiger partial charge is 0.279 e. The molecule has 1 aromatic carbocycles. The van der Waals surface area contributed by atoms with Gasteiger partial charge in [-0.25, -0.2) is 0 Å². The summed E-state index contributed by atoms with van der Waals surface area (Å²) in [5.74, 6) is 0.0237. The van der Waals surface area contributed by atoms with Crippen molar-refractivity contribution in [2.75, 3.05) is 0 Å². The molecule has 0 spiro atoms. The van der Waals surface area contributed by atoms with Gasteiger partial charge >= 0.3 is 0 Å². The number of nitrogens with one attached hydrogen (secondary N) is 1. The highest BCUT2D eigenvalue weighted by Gasteiger charge is 2.38. The molecule has 5 nitrogen and oxygen atoms in total. The Morgan fingerprint density at radius 2 is 2.05 bits per heavy atom. The molecule has 1 aromatic heterocycles. The third-order valence-electron chi connectivity index (χ3n) is 4.38. The van der Waals surface area contributed by atoms with Gasteiger partial charge in [0.25, 0.3) is 5.69 Å². The molecule has 5 heteroatoms. The molecule has 20 heavy (non-hydrogen) atoms. The number of aromatic nitrogens is 1. The monoisotopic (exact) mass is 272 g/mol. The van der Waals surface area contributed by atoms with E-state index in [2.05, 4.69) is 4.98 Å². The summed E-state index contributed by atoms with van der Waals surface area (Å²) in [4.78, 5) is 26.5. The Bertz CT molecular complexity index is 696. The Hall–Kier alpha value is -2.17. The van der Waals surface area contributed by atoms with Crippen molar-refractivity contribution in [1.82, 2.24) is 4.98 Å². The first kappa shape index (κ1) is 12.8. The minimum Gasteiger partial charge on any atom is -0.360 e. The number of rotatable bonds is 3. The van der Waals surface area contributed by atoms with Crippen LogP contribution in [0.3, 0.4) is 0 Å². The molecule has 0 bridgehead atoms. The van der Waals surface area contributed by atoms with Crippen molar-refractivity contribution in [3.63, 3.8) is 0 Å². The van der Waals surface area contributed by atoms with Gasteiger partial charge < -0.3 is 4.98 Å². The lowest BCUT2D eigenvalue weighted by Crippen LogP contribution is -2.24. The Morgan fingerprint density at radius 3 is 2.70 bits per heavy atom. The van der Waals surface area contributed by atoms with Crippen LogP contribution in [0.5, 0.6) is 0 Å². The van der Waals surface area contributed by atoms with E-state index < -0.39 is 4.92 Å². The van der Waals surface area contributed by atoms with E-state index in [9.17, 15) is 14.9 Å². The molecule has 1 N–H and O–H groups in total. The van der Waals surface area contributed by atoms with Crippen LogP contribution in [0.1, 0.15) is 43.0 Å². The summed E-state index contributed by atoms with van der Waals surface area (Å²) in [7, 11) is 0. The van der Waals surface area contributed by atoms with Crippen LogP contribution < -0.4 is 0 Å². The average molecular weight is 272 g/mol. The van der Waals surface area contributed by atoms with Crippen molar-refractivity contribution in [2.24, 2.45) is 5.41 Å². The molecule has 0 radical (unpaired) electrons. The summed E-state index contributed by atoms with van der Waals surface area (Å²) in [6.07, 6.45) is 5.43. The molecule has 0 amide bonds. The quantitative estimate of drug-likeness (QED) is 0.524. The van der Waals surface area contributed by atoms with Gasteiger partial charge in [-0.05, 0) is 18.9 Å². The minimum atomic E-state index is -0.427. The lowest BCUT2D eigenvalue weighted by atomic mass is 9.80. The number of ketones is 1. The number of hydrogen-bond donors (Lipinski definition) is 1. The normalized spacial score (nSPS) is 17.4. The van der Waals surface area contributed by atoms with E-state index in [1.165, 1.54) is 6.07 Å². The molecule has 1 aliphatic carbocycles. The minimum absolute atomic E-state index is 0.00584. The summed E-state index contributed by atoms with van der Waals surface area (Å²) in [5.41, 5.74) is 0.716. The number of nitro benzene ring substituents is 1. The number of carbonyl (C=O) groups is 1. The van der Waals surface area contributed by atoms with Gasteiger partial charge in [-0.2, -0.15) is 0 Å². The van der Waals surface area contributed by atoms with E-state index in [4.69, 9.17) is 0 Å². The van der Waals surface area contributed by atoms with Crippen LogP contribution in [0.15, 0.2) is 24.4 Å². The van der Waals surface area contributed by atoms with Crippen LogP contribution in [-0.4, -0.2) is 15.7 Å². The zero-order valence-corrected chi connectivity index (χ0v) is 11.3. The van der Waals surface area contributed by atoms with Crippen LogP contribution in [0.2, 0.25) is 0 Å². The molecule has 0 aliphatic heterocycles. The lowest BCUT2D eigenvalue weighted by molar-refractivity contribution is -0.383. The van der Waals surface area contributed by atoms with Gasteiger partial charge in [0.1, 0.15) is 0 Å². The predicted octanol–water partition coefficient (Wildman–Crippen LogP) is 3.84. The molecule has 0 atom stereocenters. The number of nitrogens with zero attached hydrogens (tertiary/aromatic N) is 1. The Balaban J connectivity index is 2.17. The van der Waals surface area contributed by atoms with E-state index in [0.717, 1.165) is 25.7 Å². The summed E-state index contributed by atoms with van der Waals surface area (Å²) >= 11 is 0. The molecule has 3 rings (SSSR count). The molecule has 1 saturated carbocycles. The molecule has 0 saturated heterocycles. The van der Waals surface area contributed by atoms with Gasteiger partial charge in [0.15, 0.2) is 5.78 Å². The molecule has 2 aromatic rings. The first-order valence-corrected chi connectivity index (χ1v) is 6.82. The maximum absolute atomic E-state index is 12.8. The van der Waals surface area contributed by atoms with Crippen molar-refractivity contribution in [3.8, 4) is 0 Å². The Kier molecular flexibility index (Phi) is 2.85. The van der Waals surface area contributed by atoms with Gasteiger partial charge in [0.05, 0.1) is 21.4 Å². The molecule has 1 aliphatic rings. The topological polar surface area (TPSA) is 76.0 Å². The largest absolute Gasteiger partial charge is 0.360 e. The first-order valence-electron chi connectivity index (χ1n) is 6.82. The second-order valence-electron chi connectivity index (χ2n) is 5.76. The SMILES string of the molecule is CC1(C(=O)c2c[nH]c3cccc([N+](=O)[O-])c23)CCCC1. The number of H-pyrrole nitrogens is 1. The molecule has 1 heterocycles. The van der Waals surface area contributed by atoms with E-state index in [1.54, 1.807) is 18.3 Å². The number of Topliss-reactive ketones (excluding diaryl/α,β-unsaturated/α-hetero) is 1. The maximum atomic E-state index is 12.8. The van der Waals surface area contributed by atoms with Crippen molar-refractivity contribution in [2.45, 2.75) is 32.6 Å². The standard InChI is InChI=1S/C15H16N2O3/c1-15(7-2-3-8-15)14(18)10-9-16-11-5-4-6-12(13(10)11)17(19)20/h4-6,9,16H,2-3,7-8H2,1H3. The van der Waals surface area contributed by atoms with Crippen molar-refractivity contribution >= 4 is 22.4 Å². The summed E-state index contributed by atoms with van der Waals surface area (Å²) < 4.78 is 0. The molecule has 1 fully saturated rings. The highest BCUT2D eigenvalue weighted by Crippen LogP contribution is 2.42. The van der Waals surface area contributed by atoms with Gasteiger partial charge in [0, 0.05) is 17.7 Å². The van der Waals surface area contributed by atoms with Crippen molar-refractivity contribution < 1.29 is 9.72 Å². The summed E-state index contributed by atoms with van der Waals surface area (Å²) in [5, 5.41) is 11.6. The highest BCUT2D eigenvalue weighted by molar-refractivity contribution is 6.13. The average Bonchev–Trinajstić information content (AvgIpc) is 3.04. The maximum Gasteiger partial charge on any atom is 0.279 e. The number of aromatic amines is 1. The first-order chi connectivity index (χ1) is 9.53. The Morgan fingerprint density at radius 1 is 1.35 bits per heavy atom. The lowest BCUT2D eigenvalue weighted by Gasteiger charge is -2.21. The predicted molar refractivity (Wildman–Crippen MR) is 75.9 cm³/mol. The fourth-order valence-corrected chi connectivity index (χ4v) is 3.20. The van der Waals surface area contributed by atoms with Crippen molar-refractivity contribution in [1.29, 1.82) is 0 Å². The van der Waals surface area contributed by atoms with Crippen LogP contribution in [0, 0.1) is 15.5 Å². The fraction of sp³-hybridized carbons (Fsp3) is 0.400. The Labute approximate surface area is 116 Å². The van der Waals surface area contributed by atoms with E-state index in [-0.39, 0.29) is 16.9 Å². The van der Waals surface area contributed by atoms with Gasteiger partial charge in [0.2, 0.25) is 0 Å². The zero-order valence-electron chi connectivity index (χ0n) is 11.3. The number of nitro groups is 1. The van der Waals surface area contributed by atoms with E-state index in [1.807, 2.05) is 6.92 Å². The molecular weight excluding hydrogens is 256 g/mol. The van der Waals surface area contributed by atoms with Gasteiger partial charge in [-0.1, -0.05) is 25.8 Å². The van der Waals surface area contributed by atoms with Crippen LogP contribution in [0.4, 0.5) is 5.69 Å². The number of carbonyl (C=O) groups excluding carboxylic acids is 1. The number of hydrogen-bond acceptors (Lipinski definition) is 3. The van der Waals surface area contributed by atoms with Crippen molar-refractivity contribution in [3.05, 3.63) is 40.1 Å². The third-order valence-corrected chi connectivity index (χ3v) is 4.38. The summed E-state index contributed by atoms with van der Waals surface area (Å²) in [6.45, 7) is 1.97. The molecule has 0 unspecified atom stereocenters. The molecular formula is C15H16N2O3. The van der Waals surface area contributed by atoms with Crippen LogP contribution >= 0.6 is 0 Å². The number of fused-ring (bicyclic) bond motifs is 1. The van der Waals surface area contributed by atoms with E-state index >= 15 is 0 Å². The third kappa shape index (κ3) is 1.81. The van der Waals surface area contributed by atoms with Crippen LogP contribution in [-0.2, 0) is 0 Å². The number of benzene rings is 1. The van der Waals surface area contributed by atoms with Gasteiger partial charge in [-0.3, -0.25) is 14.9 Å². The fourth-order valence-electron chi connectivity index (χ4n) is 3.20. The highest BCUT2D eigenvalue weighted by atomic mass is 16.6. The summed E-state index contributed by atoms with van der Waals surface area (Å²) in [6, 6.07) is 4.84. The van der Waals surface area contributed by atoms with Gasteiger partial charge in [-0.15, -0.1) is 0 Å². The molecule has 104 valence electrons. The van der Waals surface area contributed by atoms with Crippen LogP contribution in [0.25, 0.3) is 10.9 Å². The second kappa shape index (κ2) is 4.44. The number of non-ortho nitro benzene ring substituents is 1. The second-order valence-corrected chi connectivity index (χ2v) is 5.76. The zero-order chi connectivity index (χ0) is 14.3.